The fraction of sp³-hybridized carbons (Fsp3) is 0.500. The average Bonchev–Trinajstić information content (AvgIpc) is 2.70. The summed E-state index contributed by atoms with van der Waals surface area (Å²) in [7, 11) is -6.86. The van der Waals surface area contributed by atoms with Crippen LogP contribution in [-0.2, 0) is 19.9 Å². The Morgan fingerprint density at radius 1 is 1.40 bits per heavy atom. The molecule has 0 radical (unpaired) electrons. The Labute approximate surface area is 124 Å². The first kappa shape index (κ1) is 15.8. The molecule has 0 spiro atoms. The molecule has 1 aromatic rings. The minimum absolute atomic E-state index is 0.0409. The highest BCUT2D eigenvalue weighted by Gasteiger charge is 2.37. The van der Waals surface area contributed by atoms with Crippen molar-refractivity contribution in [2.45, 2.75) is 24.3 Å². The van der Waals surface area contributed by atoms with Crippen molar-refractivity contribution in [2.24, 2.45) is 0 Å². The molecular weight excluding hydrogens is 322 g/mol. The van der Waals surface area contributed by atoms with E-state index < -0.39 is 25.9 Å². The quantitative estimate of drug-likeness (QED) is 0.835. The second-order valence-corrected chi connectivity index (χ2v) is 9.28. The minimum Gasteiger partial charge on any atom is -0.229 e. The summed E-state index contributed by atoms with van der Waals surface area (Å²) in [6.45, 7) is 1.93. The third-order valence-electron chi connectivity index (χ3n) is 3.33. The predicted octanol–water partition coefficient (Wildman–Crippen LogP) is 1.54. The molecule has 1 aliphatic rings. The molecule has 1 atom stereocenters. The van der Waals surface area contributed by atoms with Gasteiger partial charge in [-0.25, -0.2) is 16.8 Å². The molecule has 1 aliphatic heterocycles. The third-order valence-corrected chi connectivity index (χ3v) is 7.34. The highest BCUT2D eigenvalue weighted by Crippen LogP contribution is 2.26. The molecule has 0 bridgehead atoms. The van der Waals surface area contributed by atoms with Gasteiger partial charge in [-0.3, -0.25) is 0 Å². The molecule has 20 heavy (non-hydrogen) atoms. The van der Waals surface area contributed by atoms with E-state index in [0.717, 1.165) is 0 Å². The van der Waals surface area contributed by atoms with Crippen molar-refractivity contribution in [3.8, 4) is 0 Å². The van der Waals surface area contributed by atoms with Crippen LogP contribution in [0.3, 0.4) is 0 Å². The number of nitrogens with zero attached hydrogens (tertiary/aromatic N) is 1. The summed E-state index contributed by atoms with van der Waals surface area (Å²) in [5.74, 6) is -0.0696. The van der Waals surface area contributed by atoms with E-state index >= 15 is 0 Å². The van der Waals surface area contributed by atoms with Crippen LogP contribution in [0.15, 0.2) is 29.2 Å². The molecule has 1 fully saturated rings. The zero-order valence-corrected chi connectivity index (χ0v) is 13.4. The lowest BCUT2D eigenvalue weighted by Crippen LogP contribution is -2.40. The van der Waals surface area contributed by atoms with Gasteiger partial charge in [0.15, 0.2) is 9.84 Å². The monoisotopic (exact) mass is 337 g/mol. The summed E-state index contributed by atoms with van der Waals surface area (Å²) < 4.78 is 49.5. The summed E-state index contributed by atoms with van der Waals surface area (Å²) in [6.07, 6.45) is 0.343. The minimum atomic E-state index is -3.72. The van der Waals surface area contributed by atoms with E-state index in [0.29, 0.717) is 11.4 Å². The van der Waals surface area contributed by atoms with Crippen molar-refractivity contribution < 1.29 is 16.8 Å². The van der Waals surface area contributed by atoms with E-state index in [-0.39, 0.29) is 22.9 Å². The predicted molar refractivity (Wildman–Crippen MR) is 78.1 cm³/mol. The molecule has 0 aliphatic carbocycles. The Balaban J connectivity index is 2.36. The van der Waals surface area contributed by atoms with Crippen LogP contribution < -0.4 is 0 Å². The molecule has 5 nitrogen and oxygen atoms in total. The van der Waals surface area contributed by atoms with Gasteiger partial charge in [-0.1, -0.05) is 24.6 Å². The number of hydrogen-bond donors (Lipinski definition) is 0. The van der Waals surface area contributed by atoms with Crippen molar-refractivity contribution in [1.82, 2.24) is 4.31 Å². The smallest absolute Gasteiger partial charge is 0.229 e. The fourth-order valence-corrected chi connectivity index (χ4v) is 6.18. The number of sulfonamides is 1. The van der Waals surface area contributed by atoms with Gasteiger partial charge in [0.2, 0.25) is 10.0 Å². The van der Waals surface area contributed by atoms with Gasteiger partial charge in [0, 0.05) is 17.6 Å². The van der Waals surface area contributed by atoms with Gasteiger partial charge in [-0.15, -0.1) is 0 Å². The molecule has 1 unspecified atom stereocenters. The fourth-order valence-electron chi connectivity index (χ4n) is 2.39. The van der Waals surface area contributed by atoms with Crippen molar-refractivity contribution in [3.05, 3.63) is 29.3 Å². The summed E-state index contributed by atoms with van der Waals surface area (Å²) in [5.41, 5.74) is 0. The lowest BCUT2D eigenvalue weighted by atomic mass is 10.3. The van der Waals surface area contributed by atoms with Crippen LogP contribution in [0.1, 0.15) is 13.3 Å². The van der Waals surface area contributed by atoms with Crippen molar-refractivity contribution in [3.63, 3.8) is 0 Å². The highest BCUT2D eigenvalue weighted by atomic mass is 35.5. The molecule has 112 valence electrons. The molecule has 0 aromatic heterocycles. The summed E-state index contributed by atoms with van der Waals surface area (Å²) in [4.78, 5) is 0.0937. The topological polar surface area (TPSA) is 71.5 Å². The van der Waals surface area contributed by atoms with Gasteiger partial charge in [-0.2, -0.15) is 4.31 Å². The van der Waals surface area contributed by atoms with Crippen molar-refractivity contribution in [1.29, 1.82) is 0 Å². The average molecular weight is 338 g/mol. The van der Waals surface area contributed by atoms with Crippen LogP contribution in [0, 0.1) is 0 Å². The summed E-state index contributed by atoms with van der Waals surface area (Å²) in [6, 6.07) is 5.51. The summed E-state index contributed by atoms with van der Waals surface area (Å²) >= 11 is 5.82. The van der Waals surface area contributed by atoms with Crippen LogP contribution in [0.4, 0.5) is 0 Å². The number of hydrogen-bond acceptors (Lipinski definition) is 4. The molecule has 8 heteroatoms. The van der Waals surface area contributed by atoms with Crippen molar-refractivity contribution in [2.75, 3.05) is 18.1 Å². The van der Waals surface area contributed by atoms with Gasteiger partial charge in [0.1, 0.15) is 0 Å². The lowest BCUT2D eigenvalue weighted by molar-refractivity contribution is 0.354. The summed E-state index contributed by atoms with van der Waals surface area (Å²) in [5, 5.41) is 0.334. The molecule has 2 rings (SSSR count). The zero-order valence-electron chi connectivity index (χ0n) is 11.0. The Hall–Kier alpha value is -0.630. The number of benzene rings is 1. The van der Waals surface area contributed by atoms with E-state index in [1.165, 1.54) is 16.4 Å². The normalized spacial score (nSPS) is 22.2. The Morgan fingerprint density at radius 3 is 2.60 bits per heavy atom. The van der Waals surface area contributed by atoms with Gasteiger partial charge < -0.3 is 0 Å². The van der Waals surface area contributed by atoms with Gasteiger partial charge in [0.05, 0.1) is 16.4 Å². The number of rotatable bonds is 4. The maximum absolute atomic E-state index is 12.6. The van der Waals surface area contributed by atoms with Crippen LogP contribution in [-0.4, -0.2) is 45.2 Å². The third kappa shape index (κ3) is 3.16. The van der Waals surface area contributed by atoms with E-state index in [4.69, 9.17) is 11.6 Å². The molecule has 0 amide bonds. The first-order valence-corrected chi connectivity index (χ1v) is 9.88. The molecule has 1 heterocycles. The molecule has 1 aromatic carbocycles. The van der Waals surface area contributed by atoms with Gasteiger partial charge >= 0.3 is 0 Å². The van der Waals surface area contributed by atoms with Crippen LogP contribution in [0.25, 0.3) is 0 Å². The number of halogens is 1. The van der Waals surface area contributed by atoms with Crippen LogP contribution in [0.2, 0.25) is 5.02 Å². The first-order chi connectivity index (χ1) is 9.26. The lowest BCUT2D eigenvalue weighted by Gasteiger charge is -2.26. The SMILES string of the molecule is CCN(C1CCS(=O)(=O)C1)S(=O)(=O)c1cccc(Cl)c1. The van der Waals surface area contributed by atoms with Gasteiger partial charge in [-0.05, 0) is 24.6 Å². The van der Waals surface area contributed by atoms with Crippen LogP contribution in [0.5, 0.6) is 0 Å². The molecule has 0 N–H and O–H groups in total. The first-order valence-electron chi connectivity index (χ1n) is 6.24. The highest BCUT2D eigenvalue weighted by molar-refractivity contribution is 7.92. The molecule has 1 saturated heterocycles. The Morgan fingerprint density at radius 2 is 2.10 bits per heavy atom. The van der Waals surface area contributed by atoms with Crippen LogP contribution >= 0.6 is 11.6 Å². The van der Waals surface area contributed by atoms with E-state index in [1.54, 1.807) is 19.1 Å². The molecule has 0 saturated carbocycles. The maximum atomic E-state index is 12.6. The zero-order chi connectivity index (χ0) is 15.0. The standard InChI is InChI=1S/C12H16ClNO4S2/c1-2-14(11-6-7-19(15,16)9-11)20(17,18)12-5-3-4-10(13)8-12/h3-5,8,11H,2,6-7,9H2,1H3. The van der Waals surface area contributed by atoms with E-state index in [9.17, 15) is 16.8 Å². The maximum Gasteiger partial charge on any atom is 0.243 e. The second kappa shape index (κ2) is 5.63. The number of sulfone groups is 1. The molecular formula is C12H16ClNO4S2. The largest absolute Gasteiger partial charge is 0.243 e. The van der Waals surface area contributed by atoms with Crippen molar-refractivity contribution >= 4 is 31.5 Å². The Kier molecular flexibility index (Phi) is 4.44. The second-order valence-electron chi connectivity index (χ2n) is 4.72. The van der Waals surface area contributed by atoms with E-state index in [1.807, 2.05) is 0 Å². The Bertz CT molecular complexity index is 700. The van der Waals surface area contributed by atoms with E-state index in [2.05, 4.69) is 0 Å². The van der Waals surface area contributed by atoms with Gasteiger partial charge in [0.25, 0.3) is 0 Å².